The second-order valence-corrected chi connectivity index (χ2v) is 5.74. The standard InChI is InChI=1S/C11H13NO3S/c13-9-10-4-3-5-11(8-10)16(14,15)12-6-1-2-7-12/h3-5,8-9H,1-2,6-7H2. The summed E-state index contributed by atoms with van der Waals surface area (Å²) in [6, 6.07) is 6.13. The smallest absolute Gasteiger partial charge is 0.243 e. The van der Waals surface area contributed by atoms with Crippen LogP contribution in [0.4, 0.5) is 0 Å². The van der Waals surface area contributed by atoms with Crippen molar-refractivity contribution in [2.45, 2.75) is 17.7 Å². The fraction of sp³-hybridized carbons (Fsp3) is 0.364. The zero-order valence-electron chi connectivity index (χ0n) is 8.80. The van der Waals surface area contributed by atoms with Gasteiger partial charge in [0.05, 0.1) is 4.90 Å². The van der Waals surface area contributed by atoms with E-state index in [4.69, 9.17) is 0 Å². The van der Waals surface area contributed by atoms with Gasteiger partial charge in [0.25, 0.3) is 0 Å². The molecule has 16 heavy (non-hydrogen) atoms. The molecule has 1 heterocycles. The van der Waals surface area contributed by atoms with Crippen molar-refractivity contribution in [1.82, 2.24) is 4.31 Å². The fourth-order valence-corrected chi connectivity index (χ4v) is 3.40. The van der Waals surface area contributed by atoms with E-state index in [0.717, 1.165) is 12.8 Å². The first-order chi connectivity index (χ1) is 7.64. The average molecular weight is 239 g/mol. The van der Waals surface area contributed by atoms with Crippen LogP contribution in [-0.4, -0.2) is 32.1 Å². The molecule has 0 N–H and O–H groups in total. The van der Waals surface area contributed by atoms with Gasteiger partial charge < -0.3 is 0 Å². The summed E-state index contributed by atoms with van der Waals surface area (Å²) in [7, 11) is -3.40. The molecule has 5 heteroatoms. The van der Waals surface area contributed by atoms with Crippen LogP contribution < -0.4 is 0 Å². The van der Waals surface area contributed by atoms with Gasteiger partial charge in [0.1, 0.15) is 6.29 Å². The number of rotatable bonds is 3. The molecule has 0 aliphatic carbocycles. The minimum atomic E-state index is -3.40. The lowest BCUT2D eigenvalue weighted by Gasteiger charge is -2.15. The van der Waals surface area contributed by atoms with E-state index >= 15 is 0 Å². The molecule has 2 rings (SSSR count). The Balaban J connectivity index is 2.38. The number of sulfonamides is 1. The first-order valence-electron chi connectivity index (χ1n) is 5.20. The predicted molar refractivity (Wildman–Crippen MR) is 59.8 cm³/mol. The molecule has 0 spiro atoms. The summed E-state index contributed by atoms with van der Waals surface area (Å²) in [4.78, 5) is 10.8. The first-order valence-corrected chi connectivity index (χ1v) is 6.64. The lowest BCUT2D eigenvalue weighted by atomic mass is 10.2. The van der Waals surface area contributed by atoms with Gasteiger partial charge in [0.15, 0.2) is 0 Å². The number of nitrogens with zero attached hydrogens (tertiary/aromatic N) is 1. The van der Waals surface area contributed by atoms with E-state index in [1.807, 2.05) is 0 Å². The molecule has 0 atom stereocenters. The SMILES string of the molecule is O=Cc1cccc(S(=O)(=O)N2CCCC2)c1. The Morgan fingerprint density at radius 3 is 2.50 bits per heavy atom. The van der Waals surface area contributed by atoms with Crippen LogP contribution in [0.25, 0.3) is 0 Å². The second kappa shape index (κ2) is 4.35. The molecule has 0 unspecified atom stereocenters. The highest BCUT2D eigenvalue weighted by Gasteiger charge is 2.26. The van der Waals surface area contributed by atoms with Gasteiger partial charge in [-0.25, -0.2) is 8.42 Å². The number of aldehydes is 1. The summed E-state index contributed by atoms with van der Waals surface area (Å²) in [5, 5.41) is 0. The normalized spacial score (nSPS) is 17.5. The van der Waals surface area contributed by atoms with Crippen LogP contribution in [0.15, 0.2) is 29.2 Å². The number of benzene rings is 1. The van der Waals surface area contributed by atoms with E-state index in [-0.39, 0.29) is 4.90 Å². The van der Waals surface area contributed by atoms with Crippen molar-refractivity contribution < 1.29 is 13.2 Å². The third-order valence-electron chi connectivity index (χ3n) is 2.70. The van der Waals surface area contributed by atoms with Crippen molar-refractivity contribution in [2.75, 3.05) is 13.1 Å². The molecular weight excluding hydrogens is 226 g/mol. The van der Waals surface area contributed by atoms with Crippen LogP contribution in [0.1, 0.15) is 23.2 Å². The van der Waals surface area contributed by atoms with Crippen LogP contribution >= 0.6 is 0 Å². The fourth-order valence-electron chi connectivity index (χ4n) is 1.83. The van der Waals surface area contributed by atoms with Gasteiger partial charge in [0.2, 0.25) is 10.0 Å². The maximum Gasteiger partial charge on any atom is 0.243 e. The van der Waals surface area contributed by atoms with Crippen molar-refractivity contribution in [1.29, 1.82) is 0 Å². The Morgan fingerprint density at radius 2 is 1.88 bits per heavy atom. The summed E-state index contributed by atoms with van der Waals surface area (Å²) < 4.78 is 25.7. The zero-order valence-corrected chi connectivity index (χ0v) is 9.61. The second-order valence-electron chi connectivity index (χ2n) is 3.80. The van der Waals surface area contributed by atoms with Crippen LogP contribution in [0.3, 0.4) is 0 Å². The predicted octanol–water partition coefficient (Wildman–Crippen LogP) is 1.28. The Kier molecular flexibility index (Phi) is 3.07. The molecule has 0 bridgehead atoms. The molecule has 0 amide bonds. The average Bonchev–Trinajstić information content (AvgIpc) is 2.83. The Morgan fingerprint density at radius 1 is 1.19 bits per heavy atom. The minimum Gasteiger partial charge on any atom is -0.298 e. The highest BCUT2D eigenvalue weighted by Crippen LogP contribution is 2.20. The van der Waals surface area contributed by atoms with Gasteiger partial charge >= 0.3 is 0 Å². The highest BCUT2D eigenvalue weighted by atomic mass is 32.2. The zero-order chi connectivity index (χ0) is 11.6. The van der Waals surface area contributed by atoms with E-state index in [9.17, 15) is 13.2 Å². The third-order valence-corrected chi connectivity index (χ3v) is 4.59. The van der Waals surface area contributed by atoms with Gasteiger partial charge in [0, 0.05) is 18.7 Å². The van der Waals surface area contributed by atoms with Crippen molar-refractivity contribution in [3.8, 4) is 0 Å². The lowest BCUT2D eigenvalue weighted by Crippen LogP contribution is -2.27. The molecule has 0 saturated carbocycles. The Hall–Kier alpha value is -1.20. The quantitative estimate of drug-likeness (QED) is 0.747. The molecule has 86 valence electrons. The van der Waals surface area contributed by atoms with Crippen LogP contribution in [-0.2, 0) is 10.0 Å². The highest BCUT2D eigenvalue weighted by molar-refractivity contribution is 7.89. The maximum atomic E-state index is 12.1. The van der Waals surface area contributed by atoms with Gasteiger partial charge in [-0.1, -0.05) is 12.1 Å². The van der Waals surface area contributed by atoms with Crippen LogP contribution in [0, 0.1) is 0 Å². The number of hydrogen-bond donors (Lipinski definition) is 0. The molecule has 1 aliphatic heterocycles. The monoisotopic (exact) mass is 239 g/mol. The first kappa shape index (κ1) is 11.3. The molecule has 0 radical (unpaired) electrons. The van der Waals surface area contributed by atoms with Gasteiger partial charge in [-0.3, -0.25) is 4.79 Å². The van der Waals surface area contributed by atoms with E-state index in [2.05, 4.69) is 0 Å². The summed E-state index contributed by atoms with van der Waals surface area (Å²) in [6.45, 7) is 1.15. The van der Waals surface area contributed by atoms with Gasteiger partial charge in [-0.2, -0.15) is 4.31 Å². The molecule has 1 saturated heterocycles. The topological polar surface area (TPSA) is 54.5 Å². The molecule has 0 aromatic heterocycles. The summed E-state index contributed by atoms with van der Waals surface area (Å²) in [5.74, 6) is 0. The third kappa shape index (κ3) is 2.01. The van der Waals surface area contributed by atoms with Crippen molar-refractivity contribution >= 4 is 16.3 Å². The van der Waals surface area contributed by atoms with E-state index in [1.165, 1.54) is 16.4 Å². The van der Waals surface area contributed by atoms with Gasteiger partial charge in [-0.15, -0.1) is 0 Å². The van der Waals surface area contributed by atoms with Gasteiger partial charge in [-0.05, 0) is 25.0 Å². The lowest BCUT2D eigenvalue weighted by molar-refractivity contribution is 0.112. The minimum absolute atomic E-state index is 0.207. The molecule has 4 nitrogen and oxygen atoms in total. The van der Waals surface area contributed by atoms with E-state index < -0.39 is 10.0 Å². The van der Waals surface area contributed by atoms with Crippen molar-refractivity contribution in [3.63, 3.8) is 0 Å². The van der Waals surface area contributed by atoms with Crippen molar-refractivity contribution in [2.24, 2.45) is 0 Å². The van der Waals surface area contributed by atoms with E-state index in [1.54, 1.807) is 12.1 Å². The molecule has 1 fully saturated rings. The van der Waals surface area contributed by atoms with E-state index in [0.29, 0.717) is 24.9 Å². The molecule has 1 aliphatic rings. The number of carbonyl (C=O) groups is 1. The molecular formula is C11H13NO3S. The Bertz CT molecular complexity index is 490. The Labute approximate surface area is 94.9 Å². The van der Waals surface area contributed by atoms with Crippen LogP contribution in [0.2, 0.25) is 0 Å². The number of carbonyl (C=O) groups excluding carboxylic acids is 1. The largest absolute Gasteiger partial charge is 0.298 e. The summed E-state index contributed by atoms with van der Waals surface area (Å²) in [5.41, 5.74) is 0.389. The summed E-state index contributed by atoms with van der Waals surface area (Å²) in [6.07, 6.45) is 2.47. The molecule has 1 aromatic rings. The molecule has 1 aromatic carbocycles. The number of hydrogen-bond acceptors (Lipinski definition) is 3. The summed E-state index contributed by atoms with van der Waals surface area (Å²) >= 11 is 0. The van der Waals surface area contributed by atoms with Crippen LogP contribution in [0.5, 0.6) is 0 Å². The maximum absolute atomic E-state index is 12.1. The van der Waals surface area contributed by atoms with Crippen molar-refractivity contribution in [3.05, 3.63) is 29.8 Å².